The van der Waals surface area contributed by atoms with Gasteiger partial charge < -0.3 is 10.2 Å². The van der Waals surface area contributed by atoms with Crippen LogP contribution in [0.15, 0.2) is 36.4 Å². The van der Waals surface area contributed by atoms with E-state index in [2.05, 4.69) is 10.2 Å². The van der Waals surface area contributed by atoms with Gasteiger partial charge in [0.15, 0.2) is 0 Å². The van der Waals surface area contributed by atoms with Crippen molar-refractivity contribution < 1.29 is 23.4 Å². The van der Waals surface area contributed by atoms with E-state index in [4.69, 9.17) is 5.11 Å². The summed E-state index contributed by atoms with van der Waals surface area (Å²) in [4.78, 5) is 1.08. The number of phenolic OH excluding ortho intramolecular Hbond substituents is 1. The second-order valence-electron chi connectivity index (χ2n) is 4.99. The number of hydrogen-bond acceptors (Lipinski definition) is 4. The highest BCUT2D eigenvalue weighted by Gasteiger charge is 2.31. The molecule has 2 N–H and O–H groups in total. The summed E-state index contributed by atoms with van der Waals surface area (Å²) in [5, 5.41) is 27.0. The molecular weight excluding hydrogens is 311 g/mol. The average Bonchev–Trinajstić information content (AvgIpc) is 2.91. The number of aromatic hydroxyl groups is 1. The van der Waals surface area contributed by atoms with Crippen LogP contribution in [0, 0.1) is 0 Å². The van der Waals surface area contributed by atoms with Gasteiger partial charge in [-0.05, 0) is 42.3 Å². The number of alkyl halides is 3. The summed E-state index contributed by atoms with van der Waals surface area (Å²) in [6.07, 6.45) is -4.08. The Labute approximate surface area is 128 Å². The highest BCUT2D eigenvalue weighted by atomic mass is 19.4. The first-order valence-electron chi connectivity index (χ1n) is 6.76. The molecule has 0 saturated heterocycles. The van der Waals surface area contributed by atoms with E-state index in [0.717, 1.165) is 22.5 Å². The number of aliphatic hydroxyl groups excluding tert-OH is 1. The number of hydrogen-bond donors (Lipinski definition) is 2. The normalized spacial score (nSPS) is 12.0. The molecule has 23 heavy (non-hydrogen) atoms. The third-order valence-electron chi connectivity index (χ3n) is 3.36. The fourth-order valence-corrected chi connectivity index (χ4v) is 2.21. The Morgan fingerprint density at radius 1 is 1.00 bits per heavy atom. The molecule has 2 aromatic carbocycles. The van der Waals surface area contributed by atoms with Crippen LogP contribution in [0.5, 0.6) is 5.75 Å². The molecule has 120 valence electrons. The van der Waals surface area contributed by atoms with Gasteiger partial charge in [-0.2, -0.15) is 13.2 Å². The van der Waals surface area contributed by atoms with Gasteiger partial charge in [0, 0.05) is 6.61 Å². The van der Waals surface area contributed by atoms with Crippen molar-refractivity contribution in [1.29, 1.82) is 0 Å². The summed E-state index contributed by atoms with van der Waals surface area (Å²) in [6.45, 7) is -0.0618. The lowest BCUT2D eigenvalue weighted by Gasteiger charge is -2.05. The maximum absolute atomic E-state index is 12.7. The van der Waals surface area contributed by atoms with Crippen molar-refractivity contribution in [2.45, 2.75) is 12.6 Å². The minimum absolute atomic E-state index is 0.0618. The number of phenols is 1. The molecule has 5 nitrogen and oxygen atoms in total. The van der Waals surface area contributed by atoms with Crippen molar-refractivity contribution >= 4 is 11.0 Å². The number of aliphatic hydroxyl groups is 1. The molecule has 0 amide bonds. The fourth-order valence-electron chi connectivity index (χ4n) is 2.21. The predicted molar refractivity (Wildman–Crippen MR) is 76.3 cm³/mol. The largest absolute Gasteiger partial charge is 0.506 e. The van der Waals surface area contributed by atoms with Crippen molar-refractivity contribution in [1.82, 2.24) is 15.0 Å². The molecule has 0 aliphatic carbocycles. The Morgan fingerprint density at radius 3 is 2.43 bits per heavy atom. The van der Waals surface area contributed by atoms with Crippen molar-refractivity contribution in [2.75, 3.05) is 6.61 Å². The molecule has 1 aromatic heterocycles. The molecule has 0 aliphatic heterocycles. The van der Waals surface area contributed by atoms with E-state index in [1.54, 1.807) is 12.1 Å². The molecule has 1 heterocycles. The van der Waals surface area contributed by atoms with Crippen molar-refractivity contribution in [3.8, 4) is 11.4 Å². The zero-order valence-corrected chi connectivity index (χ0v) is 11.7. The van der Waals surface area contributed by atoms with Crippen LogP contribution in [0.2, 0.25) is 0 Å². The van der Waals surface area contributed by atoms with Crippen LogP contribution in [-0.4, -0.2) is 31.8 Å². The number of rotatable bonds is 3. The van der Waals surface area contributed by atoms with Crippen LogP contribution in [0.3, 0.4) is 0 Å². The summed E-state index contributed by atoms with van der Waals surface area (Å²) >= 11 is 0. The minimum atomic E-state index is -4.46. The number of nitrogens with zero attached hydrogens (tertiary/aromatic N) is 3. The van der Waals surface area contributed by atoms with Crippen LogP contribution >= 0.6 is 0 Å². The van der Waals surface area contributed by atoms with E-state index in [9.17, 15) is 18.3 Å². The standard InChI is InChI=1S/C15H12F3N3O2/c16-15(17,18)10-2-3-11-12(8-10)20-21(19-11)13-7-9(5-6-22)1-4-14(13)23/h1-4,7-8,22-23H,5-6H2. The van der Waals surface area contributed by atoms with Crippen molar-refractivity contribution in [3.05, 3.63) is 47.5 Å². The molecule has 0 atom stereocenters. The lowest BCUT2D eigenvalue weighted by atomic mass is 10.1. The minimum Gasteiger partial charge on any atom is -0.506 e. The highest BCUT2D eigenvalue weighted by molar-refractivity contribution is 5.75. The summed E-state index contributed by atoms with van der Waals surface area (Å²) < 4.78 is 38.2. The monoisotopic (exact) mass is 323 g/mol. The molecular formula is C15H12F3N3O2. The zero-order chi connectivity index (χ0) is 16.6. The number of halogens is 3. The van der Waals surface area contributed by atoms with Crippen LogP contribution < -0.4 is 0 Å². The Morgan fingerprint density at radius 2 is 1.74 bits per heavy atom. The Bertz CT molecular complexity index is 859. The van der Waals surface area contributed by atoms with E-state index in [0.29, 0.717) is 6.42 Å². The lowest BCUT2D eigenvalue weighted by Crippen LogP contribution is -2.04. The Hall–Kier alpha value is -2.61. The lowest BCUT2D eigenvalue weighted by molar-refractivity contribution is -0.137. The van der Waals surface area contributed by atoms with Crippen LogP contribution in [0.25, 0.3) is 16.7 Å². The molecule has 3 rings (SSSR count). The predicted octanol–water partition coefficient (Wildman–Crippen LogP) is 2.68. The zero-order valence-electron chi connectivity index (χ0n) is 11.7. The molecule has 8 heteroatoms. The molecule has 0 aliphatic rings. The topological polar surface area (TPSA) is 71.2 Å². The number of benzene rings is 2. The van der Waals surface area contributed by atoms with Crippen LogP contribution in [-0.2, 0) is 12.6 Å². The van der Waals surface area contributed by atoms with Crippen molar-refractivity contribution in [2.24, 2.45) is 0 Å². The van der Waals surface area contributed by atoms with Gasteiger partial charge >= 0.3 is 6.18 Å². The highest BCUT2D eigenvalue weighted by Crippen LogP contribution is 2.31. The maximum atomic E-state index is 12.7. The first-order chi connectivity index (χ1) is 10.9. The molecule has 0 fully saturated rings. The Kier molecular flexibility index (Phi) is 3.69. The molecule has 0 bridgehead atoms. The van der Waals surface area contributed by atoms with Gasteiger partial charge in [-0.25, -0.2) is 0 Å². The number of fused-ring (bicyclic) bond motifs is 1. The van der Waals surface area contributed by atoms with Gasteiger partial charge in [0.2, 0.25) is 0 Å². The van der Waals surface area contributed by atoms with Gasteiger partial charge in [-0.1, -0.05) is 6.07 Å². The quantitative estimate of drug-likeness (QED) is 0.777. The molecule has 3 aromatic rings. The van der Waals surface area contributed by atoms with Gasteiger partial charge in [0.05, 0.1) is 5.56 Å². The van der Waals surface area contributed by atoms with Gasteiger partial charge in [-0.3, -0.25) is 0 Å². The second-order valence-corrected chi connectivity index (χ2v) is 4.99. The van der Waals surface area contributed by atoms with E-state index >= 15 is 0 Å². The molecule has 0 radical (unpaired) electrons. The van der Waals surface area contributed by atoms with E-state index in [1.165, 1.54) is 12.1 Å². The second kappa shape index (κ2) is 5.54. The SMILES string of the molecule is OCCc1ccc(O)c(-n2nc3ccc(C(F)(F)F)cc3n2)c1. The summed E-state index contributed by atoms with van der Waals surface area (Å²) in [6, 6.07) is 7.72. The van der Waals surface area contributed by atoms with Crippen LogP contribution in [0.1, 0.15) is 11.1 Å². The Balaban J connectivity index is 2.08. The fraction of sp³-hybridized carbons (Fsp3) is 0.200. The van der Waals surface area contributed by atoms with Gasteiger partial charge in [-0.15, -0.1) is 15.0 Å². The maximum Gasteiger partial charge on any atom is 0.416 e. The molecule has 0 unspecified atom stereocenters. The van der Waals surface area contributed by atoms with Crippen LogP contribution in [0.4, 0.5) is 13.2 Å². The van der Waals surface area contributed by atoms with E-state index in [-0.39, 0.29) is 29.1 Å². The summed E-state index contributed by atoms with van der Waals surface area (Å²) in [5.74, 6) is -0.108. The smallest absolute Gasteiger partial charge is 0.416 e. The summed E-state index contributed by atoms with van der Waals surface area (Å²) in [5.41, 5.74) is 0.533. The first kappa shape index (κ1) is 15.3. The first-order valence-corrected chi connectivity index (χ1v) is 6.76. The third-order valence-corrected chi connectivity index (χ3v) is 3.36. The van der Waals surface area contributed by atoms with E-state index in [1.807, 2.05) is 0 Å². The average molecular weight is 323 g/mol. The van der Waals surface area contributed by atoms with Gasteiger partial charge in [0.25, 0.3) is 0 Å². The third kappa shape index (κ3) is 2.98. The molecule has 0 saturated carbocycles. The van der Waals surface area contributed by atoms with Crippen molar-refractivity contribution in [3.63, 3.8) is 0 Å². The number of aromatic nitrogens is 3. The van der Waals surface area contributed by atoms with Gasteiger partial charge in [0.1, 0.15) is 22.5 Å². The van der Waals surface area contributed by atoms with E-state index < -0.39 is 11.7 Å². The molecule has 0 spiro atoms. The summed E-state index contributed by atoms with van der Waals surface area (Å²) in [7, 11) is 0.